The summed E-state index contributed by atoms with van der Waals surface area (Å²) in [6.07, 6.45) is -3.93. The third-order valence-corrected chi connectivity index (χ3v) is 6.38. The molecule has 1 heterocycles. The largest absolute Gasteiger partial charge is 0.419 e. The lowest BCUT2D eigenvalue weighted by Crippen LogP contribution is -2.37. The van der Waals surface area contributed by atoms with Gasteiger partial charge in [-0.3, -0.25) is 4.90 Å². The van der Waals surface area contributed by atoms with E-state index >= 15 is 0 Å². The molecule has 0 aromatic heterocycles. The summed E-state index contributed by atoms with van der Waals surface area (Å²) >= 11 is 0. The van der Waals surface area contributed by atoms with Gasteiger partial charge in [0.15, 0.2) is 0 Å². The van der Waals surface area contributed by atoms with Crippen molar-refractivity contribution in [1.82, 2.24) is 4.90 Å². The first-order chi connectivity index (χ1) is 18.1. The first kappa shape index (κ1) is 27.1. The van der Waals surface area contributed by atoms with Gasteiger partial charge in [-0.25, -0.2) is 9.18 Å². The average Bonchev–Trinajstić information content (AvgIpc) is 3.31. The summed E-state index contributed by atoms with van der Waals surface area (Å²) in [6, 6.07) is 17.9. The number of hydrogen-bond donors (Lipinski definition) is 2. The summed E-state index contributed by atoms with van der Waals surface area (Å²) in [7, 11) is 0. The number of anilines is 2. The number of hydrogen-bond acceptors (Lipinski definition) is 4. The van der Waals surface area contributed by atoms with Crippen LogP contribution in [0.1, 0.15) is 24.0 Å². The minimum atomic E-state index is -4.84. The maximum atomic E-state index is 14.1. The fourth-order valence-corrected chi connectivity index (χ4v) is 4.43. The molecule has 4 rings (SSSR count). The van der Waals surface area contributed by atoms with Crippen molar-refractivity contribution in [3.05, 3.63) is 83.7 Å². The van der Waals surface area contributed by atoms with E-state index in [4.69, 9.17) is 5.26 Å². The van der Waals surface area contributed by atoms with Gasteiger partial charge in [-0.1, -0.05) is 24.3 Å². The highest BCUT2D eigenvalue weighted by Crippen LogP contribution is 2.32. The van der Waals surface area contributed by atoms with Crippen LogP contribution in [0.3, 0.4) is 0 Å². The molecule has 10 heteroatoms. The third kappa shape index (κ3) is 6.68. The Kier molecular flexibility index (Phi) is 8.29. The maximum absolute atomic E-state index is 14.1. The molecule has 198 valence electrons. The third-order valence-electron chi connectivity index (χ3n) is 6.38. The molecule has 38 heavy (non-hydrogen) atoms. The lowest BCUT2D eigenvalue weighted by atomic mass is 10.0. The maximum Gasteiger partial charge on any atom is 0.419 e. The number of β-amino-alcohol motifs (C(OH)–C–C–N with tert-alkyl or cyclic N) is 1. The van der Waals surface area contributed by atoms with Crippen molar-refractivity contribution in [1.29, 1.82) is 5.26 Å². The van der Waals surface area contributed by atoms with Gasteiger partial charge in [-0.2, -0.15) is 18.4 Å². The van der Waals surface area contributed by atoms with E-state index in [1.807, 2.05) is 6.07 Å². The predicted molar refractivity (Wildman–Crippen MR) is 136 cm³/mol. The van der Waals surface area contributed by atoms with Crippen molar-refractivity contribution < 1.29 is 27.5 Å². The van der Waals surface area contributed by atoms with Crippen LogP contribution in [0, 0.1) is 17.1 Å². The Balaban J connectivity index is 1.53. The fraction of sp³-hybridized carbons (Fsp3) is 0.286. The molecule has 2 amide bonds. The molecule has 0 radical (unpaired) electrons. The van der Waals surface area contributed by atoms with Crippen LogP contribution in [0.2, 0.25) is 0 Å². The van der Waals surface area contributed by atoms with Crippen LogP contribution in [0.5, 0.6) is 0 Å². The Labute approximate surface area is 217 Å². The number of amides is 2. The number of nitrogens with one attached hydrogen (secondary N) is 1. The van der Waals surface area contributed by atoms with Gasteiger partial charge in [0, 0.05) is 31.0 Å². The van der Waals surface area contributed by atoms with E-state index in [9.17, 15) is 27.5 Å². The predicted octanol–water partition coefficient (Wildman–Crippen LogP) is 5.88. The summed E-state index contributed by atoms with van der Waals surface area (Å²) in [4.78, 5) is 16.7. The number of nitrogens with zero attached hydrogens (tertiary/aromatic N) is 3. The average molecular weight is 527 g/mol. The van der Waals surface area contributed by atoms with Crippen LogP contribution < -0.4 is 10.2 Å². The van der Waals surface area contributed by atoms with Gasteiger partial charge in [0.2, 0.25) is 0 Å². The molecule has 6 nitrogen and oxygen atoms in total. The minimum absolute atomic E-state index is 0.0990. The number of rotatable bonds is 7. The molecule has 1 aliphatic heterocycles. The second-order valence-electron chi connectivity index (χ2n) is 9.11. The fourth-order valence-electron chi connectivity index (χ4n) is 4.43. The van der Waals surface area contributed by atoms with Crippen LogP contribution in [0.25, 0.3) is 11.1 Å². The van der Waals surface area contributed by atoms with Gasteiger partial charge < -0.3 is 15.3 Å². The summed E-state index contributed by atoms with van der Waals surface area (Å²) in [6.45, 7) is 2.25. The highest BCUT2D eigenvalue weighted by atomic mass is 19.4. The van der Waals surface area contributed by atoms with Crippen LogP contribution in [0.4, 0.5) is 33.7 Å². The second-order valence-corrected chi connectivity index (χ2v) is 9.11. The Morgan fingerprint density at radius 3 is 2.50 bits per heavy atom. The molecule has 0 saturated carbocycles. The lowest BCUT2D eigenvalue weighted by molar-refractivity contribution is -0.139. The van der Waals surface area contributed by atoms with E-state index in [0.29, 0.717) is 49.3 Å². The Bertz CT molecular complexity index is 1320. The SMILES string of the molecule is N#Cc1cccc(-c2ccc(N(CCCN3CC[C@@H](O)C3)C(=O)Nc3ccc(C(F)(F)F)c(F)c3)cc2)c1. The molecule has 2 N–H and O–H groups in total. The summed E-state index contributed by atoms with van der Waals surface area (Å²) in [5.74, 6) is -1.47. The van der Waals surface area contributed by atoms with Gasteiger partial charge in [-0.15, -0.1) is 0 Å². The van der Waals surface area contributed by atoms with E-state index in [1.54, 1.807) is 42.5 Å². The van der Waals surface area contributed by atoms with Crippen LogP contribution in [0.15, 0.2) is 66.7 Å². The van der Waals surface area contributed by atoms with Crippen molar-refractivity contribution >= 4 is 17.4 Å². The molecule has 3 aromatic rings. The van der Waals surface area contributed by atoms with Gasteiger partial charge in [0.1, 0.15) is 5.82 Å². The zero-order valence-electron chi connectivity index (χ0n) is 20.4. The van der Waals surface area contributed by atoms with E-state index in [2.05, 4.69) is 16.3 Å². The first-order valence-corrected chi connectivity index (χ1v) is 12.1. The topological polar surface area (TPSA) is 79.6 Å². The minimum Gasteiger partial charge on any atom is -0.392 e. The van der Waals surface area contributed by atoms with Crippen molar-refractivity contribution in [2.75, 3.05) is 36.4 Å². The summed E-state index contributed by atoms with van der Waals surface area (Å²) in [5, 5.41) is 21.4. The van der Waals surface area contributed by atoms with E-state index < -0.39 is 23.6 Å². The van der Waals surface area contributed by atoms with Crippen molar-refractivity contribution in [3.63, 3.8) is 0 Å². The highest BCUT2D eigenvalue weighted by molar-refractivity contribution is 6.01. The zero-order valence-corrected chi connectivity index (χ0v) is 20.4. The molecule has 0 bridgehead atoms. The van der Waals surface area contributed by atoms with Gasteiger partial charge in [-0.05, 0) is 73.0 Å². The summed E-state index contributed by atoms with van der Waals surface area (Å²) in [5.41, 5.74) is 1.22. The number of urea groups is 1. The summed E-state index contributed by atoms with van der Waals surface area (Å²) < 4.78 is 52.8. The van der Waals surface area contributed by atoms with Crippen molar-refractivity contribution in [2.24, 2.45) is 0 Å². The Morgan fingerprint density at radius 1 is 1.11 bits per heavy atom. The number of alkyl halides is 3. The van der Waals surface area contributed by atoms with Crippen molar-refractivity contribution in [3.8, 4) is 17.2 Å². The Hall–Kier alpha value is -3.94. The number of nitriles is 1. The molecular formula is C28H26F4N4O2. The molecule has 1 aliphatic rings. The molecular weight excluding hydrogens is 500 g/mol. The highest BCUT2D eigenvalue weighted by Gasteiger charge is 2.34. The molecule has 1 atom stereocenters. The number of carbonyl (C=O) groups is 1. The van der Waals surface area contributed by atoms with E-state index in [0.717, 1.165) is 23.7 Å². The number of likely N-dealkylation sites (tertiary alicyclic amines) is 1. The van der Waals surface area contributed by atoms with E-state index in [-0.39, 0.29) is 18.3 Å². The van der Waals surface area contributed by atoms with Crippen LogP contribution in [-0.4, -0.2) is 48.3 Å². The molecule has 1 fully saturated rings. The van der Waals surface area contributed by atoms with Gasteiger partial charge in [0.25, 0.3) is 0 Å². The molecule has 1 saturated heterocycles. The number of halogens is 4. The lowest BCUT2D eigenvalue weighted by Gasteiger charge is -2.25. The first-order valence-electron chi connectivity index (χ1n) is 12.1. The zero-order chi connectivity index (χ0) is 27.3. The standard InChI is InChI=1S/C28H26F4N4O2/c29-26-16-22(7-10-25(26)28(30,31)32)34-27(38)36(13-2-12-35-14-11-24(37)18-35)23-8-5-20(6-9-23)21-4-1-3-19(15-21)17-33/h1,3-10,15-16,24,37H,2,11-14,18H2,(H,34,38)/t24-/m1/s1. The van der Waals surface area contributed by atoms with Crippen molar-refractivity contribution in [2.45, 2.75) is 25.1 Å². The van der Waals surface area contributed by atoms with Gasteiger partial charge >= 0.3 is 12.2 Å². The normalized spacial score (nSPS) is 15.7. The molecule has 3 aromatic carbocycles. The number of aliphatic hydroxyl groups excluding tert-OH is 1. The number of aliphatic hydroxyl groups is 1. The quantitative estimate of drug-likeness (QED) is 0.377. The van der Waals surface area contributed by atoms with Crippen LogP contribution >= 0.6 is 0 Å². The smallest absolute Gasteiger partial charge is 0.392 e. The van der Waals surface area contributed by atoms with E-state index in [1.165, 1.54) is 4.90 Å². The molecule has 0 unspecified atom stereocenters. The van der Waals surface area contributed by atoms with Gasteiger partial charge in [0.05, 0.1) is 23.3 Å². The number of benzene rings is 3. The Morgan fingerprint density at radius 2 is 1.87 bits per heavy atom. The number of carbonyl (C=O) groups excluding carboxylic acids is 1. The molecule has 0 aliphatic carbocycles. The second kappa shape index (κ2) is 11.6. The monoisotopic (exact) mass is 526 g/mol. The van der Waals surface area contributed by atoms with Crippen LogP contribution in [-0.2, 0) is 6.18 Å². The molecule has 0 spiro atoms.